The highest BCUT2D eigenvalue weighted by molar-refractivity contribution is 7.82. The lowest BCUT2D eigenvalue weighted by molar-refractivity contribution is -0.153. The Bertz CT molecular complexity index is 1140. The molecule has 0 spiro atoms. The lowest BCUT2D eigenvalue weighted by atomic mass is 9.77. The van der Waals surface area contributed by atoms with E-state index >= 15 is 0 Å². The molecular weight excluding hydrogens is 479 g/mol. The van der Waals surface area contributed by atoms with Crippen LogP contribution in [0.5, 0.6) is 5.75 Å². The highest BCUT2D eigenvalue weighted by atomic mass is 32.1. The molecule has 0 radical (unpaired) electrons. The van der Waals surface area contributed by atoms with Crippen molar-refractivity contribution in [2.75, 3.05) is 16.2 Å². The summed E-state index contributed by atoms with van der Waals surface area (Å²) in [5, 5.41) is 6.46. The first-order valence-corrected chi connectivity index (χ1v) is 12.1. The van der Waals surface area contributed by atoms with Crippen molar-refractivity contribution >= 4 is 41.3 Å². The van der Waals surface area contributed by atoms with Gasteiger partial charge in [0.25, 0.3) is 0 Å². The van der Waals surface area contributed by atoms with E-state index in [1.165, 1.54) is 62.3 Å². The zero-order chi connectivity index (χ0) is 25.0. The van der Waals surface area contributed by atoms with Crippen LogP contribution in [0.25, 0.3) is 11.0 Å². The molecule has 0 bridgehead atoms. The highest BCUT2D eigenvalue weighted by Crippen LogP contribution is 2.38. The number of nitrogens with one attached hydrogen (secondary N) is 1. The second kappa shape index (κ2) is 10.8. The van der Waals surface area contributed by atoms with Gasteiger partial charge in [-0.25, -0.2) is 9.10 Å². The van der Waals surface area contributed by atoms with Gasteiger partial charge in [0, 0.05) is 0 Å². The minimum atomic E-state index is -4.51. The molecule has 1 fully saturated rings. The number of carbonyl (C=O) groups excluding carboxylic acids is 1. The van der Waals surface area contributed by atoms with Crippen LogP contribution in [-0.4, -0.2) is 24.0 Å². The van der Waals surface area contributed by atoms with Crippen molar-refractivity contribution < 1.29 is 27.2 Å². The first kappa shape index (κ1) is 25.2. The van der Waals surface area contributed by atoms with Crippen LogP contribution in [0, 0.1) is 5.92 Å². The molecule has 0 saturated heterocycles. The Balaban J connectivity index is 1.42. The first-order valence-electron chi connectivity index (χ1n) is 11.7. The molecule has 1 aromatic heterocycles. The number of benzene rings is 2. The number of rotatable bonds is 7. The normalized spacial score (nSPS) is 18.4. The van der Waals surface area contributed by atoms with Crippen LogP contribution in [-0.2, 0) is 0 Å². The molecule has 0 atom stereocenters. The van der Waals surface area contributed by atoms with Gasteiger partial charge in [0.15, 0.2) is 18.0 Å². The molecule has 2 amide bonds. The largest absolute Gasteiger partial charge is 0.483 e. The molecule has 4 rings (SSSR count). The van der Waals surface area contributed by atoms with Gasteiger partial charge >= 0.3 is 12.2 Å². The number of anilines is 2. The maximum atomic E-state index is 12.8. The minimum absolute atomic E-state index is 0.0534. The van der Waals surface area contributed by atoms with Gasteiger partial charge in [-0.1, -0.05) is 55.9 Å². The summed E-state index contributed by atoms with van der Waals surface area (Å²) in [7, 11) is 0. The van der Waals surface area contributed by atoms with Crippen LogP contribution < -0.4 is 14.4 Å². The molecule has 1 aliphatic rings. The molecule has 1 N–H and O–H groups in total. The van der Waals surface area contributed by atoms with Crippen LogP contribution in [0.1, 0.15) is 56.9 Å². The Morgan fingerprint density at radius 3 is 2.54 bits per heavy atom. The lowest BCUT2D eigenvalue weighted by Gasteiger charge is -2.29. The van der Waals surface area contributed by atoms with Gasteiger partial charge in [0.2, 0.25) is 0 Å². The van der Waals surface area contributed by atoms with Gasteiger partial charge in [-0.05, 0) is 67.3 Å². The summed E-state index contributed by atoms with van der Waals surface area (Å²) in [4.78, 5) is 12.8. The fourth-order valence-electron chi connectivity index (χ4n) is 4.68. The van der Waals surface area contributed by atoms with E-state index in [0.29, 0.717) is 11.6 Å². The second-order valence-electron chi connectivity index (χ2n) is 8.90. The molecule has 0 unspecified atom stereocenters. The molecule has 2 aromatic carbocycles. The number of fused-ring (bicyclic) bond motifs is 1. The molecular formula is C25H28F3N3O3S. The third-order valence-electron chi connectivity index (χ3n) is 6.42. The predicted octanol–water partition coefficient (Wildman–Crippen LogP) is 7.73. The van der Waals surface area contributed by atoms with Gasteiger partial charge in [0.1, 0.15) is 11.1 Å². The molecule has 3 aromatic rings. The van der Waals surface area contributed by atoms with E-state index in [1.807, 2.05) is 24.3 Å². The number of alkyl halides is 3. The van der Waals surface area contributed by atoms with Gasteiger partial charge in [-0.2, -0.15) is 13.2 Å². The van der Waals surface area contributed by atoms with Gasteiger partial charge in [0.05, 0.1) is 5.69 Å². The van der Waals surface area contributed by atoms with Crippen LogP contribution in [0.4, 0.5) is 29.5 Å². The number of hydrogen-bond donors (Lipinski definition) is 2. The molecule has 0 aliphatic heterocycles. The van der Waals surface area contributed by atoms with E-state index in [1.54, 1.807) is 0 Å². The molecule has 1 heterocycles. The quantitative estimate of drug-likeness (QED) is 0.321. The Kier molecular flexibility index (Phi) is 7.78. The number of nitrogens with zero attached hydrogens (tertiary/aromatic N) is 2. The van der Waals surface area contributed by atoms with Gasteiger partial charge in [-0.15, -0.1) is 0 Å². The van der Waals surface area contributed by atoms with Gasteiger partial charge in [-0.3, -0.25) is 5.32 Å². The molecule has 188 valence electrons. The second-order valence-corrected chi connectivity index (χ2v) is 9.30. The van der Waals surface area contributed by atoms with Crippen molar-refractivity contribution in [3.63, 3.8) is 0 Å². The maximum absolute atomic E-state index is 12.8. The van der Waals surface area contributed by atoms with Crippen LogP contribution in [0.15, 0.2) is 47.0 Å². The van der Waals surface area contributed by atoms with E-state index in [0.717, 1.165) is 10.2 Å². The monoisotopic (exact) mass is 507 g/mol. The van der Waals surface area contributed by atoms with Crippen molar-refractivity contribution in [3.8, 4) is 5.75 Å². The lowest BCUT2D eigenvalue weighted by Crippen LogP contribution is -2.27. The Hall–Kier alpha value is -2.88. The smallest absolute Gasteiger partial charge is 0.422 e. The standard InChI is InChI=1S/C25H28F3N3O3S/c1-2-4-16-7-9-17(10-8-16)18-11-13-19(14-12-18)31(35)24(32)29-23-22-20(33-15-25(26,27)28)5-3-6-21(22)34-30-23/h3,5-6,11-14,16-17,35H,2,4,7-10,15H2,1H3,(H,29,30,32). The minimum Gasteiger partial charge on any atom is -0.483 e. The number of carbonyl (C=O) groups is 1. The Labute approximate surface area is 207 Å². The number of urea groups is 1. The maximum Gasteiger partial charge on any atom is 0.422 e. The summed E-state index contributed by atoms with van der Waals surface area (Å²) in [6, 6.07) is 11.4. The summed E-state index contributed by atoms with van der Waals surface area (Å²) in [5.74, 6) is 1.21. The van der Waals surface area contributed by atoms with Crippen LogP contribution >= 0.6 is 12.8 Å². The van der Waals surface area contributed by atoms with Crippen LogP contribution in [0.3, 0.4) is 0 Å². The van der Waals surface area contributed by atoms with Crippen molar-refractivity contribution in [2.45, 2.75) is 57.5 Å². The molecule has 1 saturated carbocycles. The fourth-order valence-corrected chi connectivity index (χ4v) is 4.86. The highest BCUT2D eigenvalue weighted by Gasteiger charge is 2.29. The fraction of sp³-hybridized carbons (Fsp3) is 0.440. The Morgan fingerprint density at radius 2 is 1.89 bits per heavy atom. The Morgan fingerprint density at radius 1 is 1.17 bits per heavy atom. The molecule has 1 aliphatic carbocycles. The number of thiol groups is 1. The number of aromatic nitrogens is 1. The SMILES string of the molecule is CCCC1CCC(c2ccc(N(S)C(=O)Nc3noc4cccc(OCC(F)(F)F)c34)cc2)CC1. The van der Waals surface area contributed by atoms with E-state index in [-0.39, 0.29) is 22.5 Å². The van der Waals surface area contributed by atoms with Crippen molar-refractivity contribution in [2.24, 2.45) is 5.92 Å². The van der Waals surface area contributed by atoms with E-state index in [4.69, 9.17) is 9.26 Å². The zero-order valence-corrected chi connectivity index (χ0v) is 20.2. The average molecular weight is 508 g/mol. The summed E-state index contributed by atoms with van der Waals surface area (Å²) >= 11 is 4.30. The molecule has 6 nitrogen and oxygen atoms in total. The van der Waals surface area contributed by atoms with Gasteiger partial charge < -0.3 is 9.26 Å². The average Bonchev–Trinajstić information content (AvgIpc) is 3.26. The van der Waals surface area contributed by atoms with E-state index in [9.17, 15) is 18.0 Å². The van der Waals surface area contributed by atoms with Crippen molar-refractivity contribution in [1.82, 2.24) is 5.16 Å². The van der Waals surface area contributed by atoms with E-state index in [2.05, 4.69) is 30.2 Å². The summed E-state index contributed by atoms with van der Waals surface area (Å²) in [6.07, 6.45) is 2.87. The zero-order valence-electron chi connectivity index (χ0n) is 19.3. The van der Waals surface area contributed by atoms with Crippen LogP contribution in [0.2, 0.25) is 0 Å². The third-order valence-corrected chi connectivity index (χ3v) is 6.83. The molecule has 35 heavy (non-hydrogen) atoms. The third kappa shape index (κ3) is 6.22. The topological polar surface area (TPSA) is 67.6 Å². The number of ether oxygens (including phenoxy) is 1. The van der Waals surface area contributed by atoms with E-state index < -0.39 is 18.8 Å². The number of halogens is 3. The number of hydrogen-bond acceptors (Lipinski definition) is 5. The molecule has 10 heteroatoms. The summed E-state index contributed by atoms with van der Waals surface area (Å²) in [5.41, 5.74) is 1.99. The predicted molar refractivity (Wildman–Crippen MR) is 132 cm³/mol. The van der Waals surface area contributed by atoms with Crippen molar-refractivity contribution in [3.05, 3.63) is 48.0 Å². The summed E-state index contributed by atoms with van der Waals surface area (Å²) < 4.78 is 49.0. The number of amides is 2. The first-order chi connectivity index (χ1) is 16.7. The summed E-state index contributed by atoms with van der Waals surface area (Å²) in [6.45, 7) is 0.756. The van der Waals surface area contributed by atoms with Crippen molar-refractivity contribution in [1.29, 1.82) is 0 Å².